The SMILES string of the molecule is Cc1nc(O[C@H]2CC[C@H](c3cccc(CC(F)(F)F)c3)C[C@@H]2N2CCCC2)ccc1S(=O)(=O)Nc1ccncn1. The molecular formula is C28H32F3N5O3S. The number of nitrogens with zero attached hydrogens (tertiary/aromatic N) is 4. The normalized spacial score (nSPS) is 22.2. The van der Waals surface area contributed by atoms with Gasteiger partial charge < -0.3 is 4.74 Å². The van der Waals surface area contributed by atoms with Crippen molar-refractivity contribution in [3.8, 4) is 5.88 Å². The average molecular weight is 576 g/mol. The highest BCUT2D eigenvalue weighted by Gasteiger charge is 2.38. The number of nitrogens with one attached hydrogen (secondary N) is 1. The molecule has 5 rings (SSSR count). The second-order valence-electron chi connectivity index (χ2n) is 10.4. The molecule has 3 atom stereocenters. The molecule has 214 valence electrons. The topological polar surface area (TPSA) is 97.3 Å². The molecule has 2 aromatic heterocycles. The Morgan fingerprint density at radius 2 is 1.90 bits per heavy atom. The second-order valence-corrected chi connectivity index (χ2v) is 12.1. The maximum absolute atomic E-state index is 13.0. The van der Waals surface area contributed by atoms with E-state index in [2.05, 4.69) is 24.6 Å². The summed E-state index contributed by atoms with van der Waals surface area (Å²) in [5.74, 6) is 0.635. The van der Waals surface area contributed by atoms with Gasteiger partial charge in [-0.3, -0.25) is 9.62 Å². The molecule has 40 heavy (non-hydrogen) atoms. The molecule has 0 radical (unpaired) electrons. The first-order chi connectivity index (χ1) is 19.1. The maximum atomic E-state index is 13.0. The van der Waals surface area contributed by atoms with Crippen LogP contribution in [0.2, 0.25) is 0 Å². The molecule has 8 nitrogen and oxygen atoms in total. The van der Waals surface area contributed by atoms with Gasteiger partial charge in [-0.1, -0.05) is 24.3 Å². The van der Waals surface area contributed by atoms with Crippen LogP contribution in [0.5, 0.6) is 5.88 Å². The third kappa shape index (κ3) is 6.90. The second kappa shape index (κ2) is 11.7. The summed E-state index contributed by atoms with van der Waals surface area (Å²) < 4.78 is 73.6. The van der Waals surface area contributed by atoms with Crippen LogP contribution in [0.15, 0.2) is 59.9 Å². The largest absolute Gasteiger partial charge is 0.473 e. The fourth-order valence-electron chi connectivity index (χ4n) is 5.78. The number of hydrogen-bond donors (Lipinski definition) is 1. The zero-order valence-corrected chi connectivity index (χ0v) is 23.0. The minimum Gasteiger partial charge on any atom is -0.473 e. The smallest absolute Gasteiger partial charge is 0.393 e. The van der Waals surface area contributed by atoms with Gasteiger partial charge in [-0.15, -0.1) is 0 Å². The van der Waals surface area contributed by atoms with Gasteiger partial charge in [-0.25, -0.2) is 23.4 Å². The van der Waals surface area contributed by atoms with Gasteiger partial charge in [0.1, 0.15) is 23.1 Å². The first-order valence-corrected chi connectivity index (χ1v) is 14.9. The van der Waals surface area contributed by atoms with Crippen molar-refractivity contribution in [1.82, 2.24) is 19.9 Å². The molecule has 1 saturated heterocycles. The maximum Gasteiger partial charge on any atom is 0.393 e. The Bertz CT molecular complexity index is 1420. The van der Waals surface area contributed by atoms with Gasteiger partial charge in [-0.05, 0) is 81.3 Å². The molecule has 2 fully saturated rings. The van der Waals surface area contributed by atoms with E-state index >= 15 is 0 Å². The van der Waals surface area contributed by atoms with Crippen LogP contribution < -0.4 is 9.46 Å². The Morgan fingerprint density at radius 3 is 2.60 bits per heavy atom. The van der Waals surface area contributed by atoms with Crippen LogP contribution in [0.3, 0.4) is 0 Å². The lowest BCUT2D eigenvalue weighted by atomic mass is 9.78. The highest BCUT2D eigenvalue weighted by Crippen LogP contribution is 2.38. The van der Waals surface area contributed by atoms with E-state index in [4.69, 9.17) is 4.74 Å². The Kier molecular flexibility index (Phi) is 8.27. The molecule has 1 aliphatic carbocycles. The van der Waals surface area contributed by atoms with Crippen LogP contribution in [-0.4, -0.2) is 59.7 Å². The van der Waals surface area contributed by atoms with E-state index in [0.29, 0.717) is 18.0 Å². The van der Waals surface area contributed by atoms with E-state index in [1.54, 1.807) is 25.1 Å². The lowest BCUT2D eigenvalue weighted by molar-refractivity contribution is -0.127. The van der Waals surface area contributed by atoms with Crippen molar-refractivity contribution < 1.29 is 26.3 Å². The summed E-state index contributed by atoms with van der Waals surface area (Å²) in [5.41, 5.74) is 1.51. The summed E-state index contributed by atoms with van der Waals surface area (Å²) in [5, 5.41) is 0. The van der Waals surface area contributed by atoms with Gasteiger partial charge in [0.15, 0.2) is 0 Å². The fraction of sp³-hybridized carbons (Fsp3) is 0.464. The van der Waals surface area contributed by atoms with Gasteiger partial charge in [0, 0.05) is 18.3 Å². The lowest BCUT2D eigenvalue weighted by Gasteiger charge is -2.41. The molecule has 3 heterocycles. The lowest BCUT2D eigenvalue weighted by Crippen LogP contribution is -2.48. The van der Waals surface area contributed by atoms with Gasteiger partial charge in [0.25, 0.3) is 10.0 Å². The summed E-state index contributed by atoms with van der Waals surface area (Å²) in [6, 6.07) is 11.4. The van der Waals surface area contributed by atoms with Crippen molar-refractivity contribution in [3.05, 3.63) is 71.8 Å². The summed E-state index contributed by atoms with van der Waals surface area (Å²) >= 11 is 0. The molecule has 1 N–H and O–H groups in total. The van der Waals surface area contributed by atoms with Crippen molar-refractivity contribution in [2.24, 2.45) is 0 Å². The molecular weight excluding hydrogens is 543 g/mol. The van der Waals surface area contributed by atoms with Crippen LogP contribution in [0.4, 0.5) is 19.0 Å². The molecule has 0 spiro atoms. The van der Waals surface area contributed by atoms with E-state index in [9.17, 15) is 21.6 Å². The molecule has 0 bridgehead atoms. The molecule has 2 aliphatic rings. The number of benzene rings is 1. The van der Waals surface area contributed by atoms with Crippen LogP contribution in [-0.2, 0) is 16.4 Å². The summed E-state index contributed by atoms with van der Waals surface area (Å²) in [6.07, 6.45) is 1.81. The number of anilines is 1. The third-order valence-corrected chi connectivity index (χ3v) is 9.07. The van der Waals surface area contributed by atoms with Gasteiger partial charge in [-0.2, -0.15) is 13.2 Å². The van der Waals surface area contributed by atoms with E-state index < -0.39 is 22.6 Å². The Hall–Kier alpha value is -3.25. The van der Waals surface area contributed by atoms with Crippen LogP contribution in [0, 0.1) is 6.92 Å². The Morgan fingerprint density at radius 1 is 1.10 bits per heavy atom. The summed E-state index contributed by atoms with van der Waals surface area (Å²) in [7, 11) is -3.91. The van der Waals surface area contributed by atoms with Crippen LogP contribution in [0.25, 0.3) is 0 Å². The Labute approximate surface area is 232 Å². The zero-order chi connectivity index (χ0) is 28.3. The standard InChI is InChI=1S/C28H32F3N5O3S/c1-19-25(40(37,38)35-26-11-12-32-18-33-26)9-10-27(34-19)39-24-8-7-22(16-23(24)36-13-2-3-14-36)21-6-4-5-20(15-21)17-28(29,30)31/h4-6,9-12,15,18,22-24H,2-3,7-8,13-14,16-17H2,1H3,(H,32,33,35)/t22-,23-,24-/m0/s1. The number of pyridine rings is 1. The molecule has 3 aromatic rings. The van der Waals surface area contributed by atoms with Crippen molar-refractivity contribution in [2.45, 2.75) is 74.6 Å². The monoisotopic (exact) mass is 575 g/mol. The van der Waals surface area contributed by atoms with E-state index in [-0.39, 0.29) is 34.3 Å². The highest BCUT2D eigenvalue weighted by molar-refractivity contribution is 7.92. The number of halogens is 3. The number of aryl methyl sites for hydroxylation is 1. The number of hydrogen-bond acceptors (Lipinski definition) is 7. The molecule has 1 aliphatic heterocycles. The van der Waals surface area contributed by atoms with E-state index in [1.165, 1.54) is 30.7 Å². The van der Waals surface area contributed by atoms with Crippen LogP contribution >= 0.6 is 0 Å². The minimum absolute atomic E-state index is 0.0250. The Balaban J connectivity index is 1.31. The van der Waals surface area contributed by atoms with Crippen molar-refractivity contribution in [3.63, 3.8) is 0 Å². The zero-order valence-electron chi connectivity index (χ0n) is 22.1. The number of likely N-dealkylation sites (tertiary alicyclic amines) is 1. The van der Waals surface area contributed by atoms with Crippen LogP contribution in [0.1, 0.15) is 54.8 Å². The number of alkyl halides is 3. The van der Waals surface area contributed by atoms with Gasteiger partial charge in [0.2, 0.25) is 5.88 Å². The van der Waals surface area contributed by atoms with Crippen molar-refractivity contribution in [2.75, 3.05) is 17.8 Å². The molecule has 1 aromatic carbocycles. The van der Waals surface area contributed by atoms with Gasteiger partial charge >= 0.3 is 6.18 Å². The predicted molar refractivity (Wildman–Crippen MR) is 144 cm³/mol. The third-order valence-electron chi connectivity index (χ3n) is 7.59. The molecule has 0 amide bonds. The van der Waals surface area contributed by atoms with E-state index in [0.717, 1.165) is 44.3 Å². The highest BCUT2D eigenvalue weighted by atomic mass is 32.2. The number of ether oxygens (including phenoxy) is 1. The summed E-state index contributed by atoms with van der Waals surface area (Å²) in [6.45, 7) is 3.51. The number of aromatic nitrogens is 3. The first-order valence-electron chi connectivity index (χ1n) is 13.4. The van der Waals surface area contributed by atoms with Crippen molar-refractivity contribution in [1.29, 1.82) is 0 Å². The molecule has 0 unspecified atom stereocenters. The molecule has 1 saturated carbocycles. The summed E-state index contributed by atoms with van der Waals surface area (Å²) in [4.78, 5) is 14.6. The predicted octanol–water partition coefficient (Wildman–Crippen LogP) is 5.27. The number of sulfonamides is 1. The molecule has 12 heteroatoms. The van der Waals surface area contributed by atoms with Crippen molar-refractivity contribution >= 4 is 15.8 Å². The minimum atomic E-state index is -4.24. The van der Waals surface area contributed by atoms with Gasteiger partial charge in [0.05, 0.1) is 12.1 Å². The quantitative estimate of drug-likeness (QED) is 0.391. The first kappa shape index (κ1) is 28.3. The average Bonchev–Trinajstić information content (AvgIpc) is 3.43. The fourth-order valence-corrected chi connectivity index (χ4v) is 6.97. The number of rotatable bonds is 8. The van der Waals surface area contributed by atoms with E-state index in [1.807, 2.05) is 6.07 Å².